The van der Waals surface area contributed by atoms with Crippen molar-refractivity contribution in [1.29, 1.82) is 0 Å². The first-order valence-corrected chi connectivity index (χ1v) is 6.37. The van der Waals surface area contributed by atoms with E-state index in [0.29, 0.717) is 0 Å². The third kappa shape index (κ3) is 3.46. The fourth-order valence-corrected chi connectivity index (χ4v) is 2.32. The van der Waals surface area contributed by atoms with Crippen molar-refractivity contribution in [3.8, 4) is 17.2 Å². The molecule has 2 rings (SSSR count). The number of methoxy groups -OCH3 is 3. The number of hydrogen-bond acceptors (Lipinski definition) is 4. The van der Waals surface area contributed by atoms with Crippen LogP contribution < -0.4 is 14.2 Å². The summed E-state index contributed by atoms with van der Waals surface area (Å²) in [4.78, 5) is 2.28. The Morgan fingerprint density at radius 3 is 2.00 bits per heavy atom. The van der Waals surface area contributed by atoms with Gasteiger partial charge in [-0.25, -0.2) is 0 Å². The van der Waals surface area contributed by atoms with Crippen LogP contribution in [0.3, 0.4) is 0 Å². The first kappa shape index (κ1) is 16.9. The molecule has 112 valence electrons. The predicted octanol–water partition coefficient (Wildman–Crippen LogP) is 3.01. The summed E-state index contributed by atoms with van der Waals surface area (Å²) in [6, 6.07) is 3.80. The highest BCUT2D eigenvalue weighted by atomic mass is 79.9. The van der Waals surface area contributed by atoms with Crippen LogP contribution in [-0.2, 0) is 0 Å². The van der Waals surface area contributed by atoms with Gasteiger partial charge in [0.25, 0.3) is 0 Å². The van der Waals surface area contributed by atoms with Crippen molar-refractivity contribution in [3.05, 3.63) is 23.8 Å². The number of likely N-dealkylation sites (N-methyl/N-ethyl adjacent to an activating group) is 1. The Morgan fingerprint density at radius 2 is 1.60 bits per heavy atom. The predicted molar refractivity (Wildman–Crippen MR) is 86.5 cm³/mol. The first-order valence-electron chi connectivity index (χ1n) is 6.37. The van der Waals surface area contributed by atoms with E-state index in [9.17, 15) is 0 Å². The van der Waals surface area contributed by atoms with Crippen LogP contribution in [-0.4, -0.2) is 46.4 Å². The monoisotopic (exact) mass is 343 g/mol. The Labute approximate surface area is 131 Å². The Morgan fingerprint density at radius 1 is 1.00 bits per heavy atom. The number of rotatable bonds is 4. The van der Waals surface area contributed by atoms with E-state index in [0.717, 1.165) is 42.3 Å². The number of ether oxygens (including phenoxy) is 3. The molecule has 4 nitrogen and oxygen atoms in total. The van der Waals surface area contributed by atoms with Crippen LogP contribution in [0.2, 0.25) is 0 Å². The van der Waals surface area contributed by atoms with E-state index in [4.69, 9.17) is 14.2 Å². The van der Waals surface area contributed by atoms with Gasteiger partial charge in [0.1, 0.15) is 17.2 Å². The van der Waals surface area contributed by atoms with E-state index in [1.54, 1.807) is 21.3 Å². The summed E-state index contributed by atoms with van der Waals surface area (Å²) in [7, 11) is 7.11. The highest BCUT2D eigenvalue weighted by Gasteiger charge is 2.19. The second kappa shape index (κ2) is 7.55. The molecule has 0 saturated carbocycles. The lowest BCUT2D eigenvalue weighted by atomic mass is 9.97. The van der Waals surface area contributed by atoms with E-state index < -0.39 is 0 Å². The zero-order valence-corrected chi connectivity index (χ0v) is 14.1. The van der Waals surface area contributed by atoms with Crippen molar-refractivity contribution >= 4 is 22.6 Å². The Hall–Kier alpha value is -1.20. The lowest BCUT2D eigenvalue weighted by Crippen LogP contribution is -2.23. The highest BCUT2D eigenvalue weighted by Crippen LogP contribution is 2.40. The number of hydrogen-bond donors (Lipinski definition) is 0. The van der Waals surface area contributed by atoms with Gasteiger partial charge in [0, 0.05) is 25.2 Å². The molecule has 20 heavy (non-hydrogen) atoms. The summed E-state index contributed by atoms with van der Waals surface area (Å²) in [5, 5.41) is 0. The smallest absolute Gasteiger partial charge is 0.133 e. The molecular formula is C15H22BrNO3. The molecule has 0 N–H and O–H groups in total. The molecular weight excluding hydrogens is 322 g/mol. The molecule has 0 saturated heterocycles. The van der Waals surface area contributed by atoms with Crippen LogP contribution in [0, 0.1) is 0 Å². The zero-order valence-electron chi connectivity index (χ0n) is 12.4. The summed E-state index contributed by atoms with van der Waals surface area (Å²) in [5.74, 6) is 2.34. The highest BCUT2D eigenvalue weighted by molar-refractivity contribution is 8.93. The van der Waals surface area contributed by atoms with Crippen LogP contribution in [0.15, 0.2) is 18.2 Å². The van der Waals surface area contributed by atoms with Crippen LogP contribution in [0.5, 0.6) is 17.2 Å². The van der Waals surface area contributed by atoms with Crippen molar-refractivity contribution in [3.63, 3.8) is 0 Å². The molecule has 0 radical (unpaired) electrons. The number of benzene rings is 1. The van der Waals surface area contributed by atoms with Gasteiger partial charge in [-0.15, -0.1) is 17.0 Å². The molecule has 0 bridgehead atoms. The topological polar surface area (TPSA) is 30.9 Å². The van der Waals surface area contributed by atoms with Gasteiger partial charge in [-0.3, -0.25) is 0 Å². The van der Waals surface area contributed by atoms with Gasteiger partial charge in [0.15, 0.2) is 0 Å². The SMILES string of the molecule is Br.COc1cc(OC)c(C2=CCN(C)CC2)c(OC)c1. The standard InChI is InChI=1S/C15H21NO3.BrH/c1-16-7-5-11(6-8-16)15-13(18-3)9-12(17-2)10-14(15)19-4;/h5,9-10H,6-8H2,1-4H3;1H. The van der Waals surface area contributed by atoms with Crippen LogP contribution in [0.4, 0.5) is 0 Å². The van der Waals surface area contributed by atoms with Crippen molar-refractivity contribution in [2.75, 3.05) is 41.5 Å². The number of halogens is 1. The third-order valence-corrected chi connectivity index (χ3v) is 3.45. The minimum Gasteiger partial charge on any atom is -0.496 e. The average molecular weight is 344 g/mol. The molecule has 1 aliphatic heterocycles. The molecule has 1 aliphatic rings. The van der Waals surface area contributed by atoms with Crippen LogP contribution >= 0.6 is 17.0 Å². The normalized spacial score (nSPS) is 15.1. The Balaban J connectivity index is 0.00000200. The van der Waals surface area contributed by atoms with Crippen LogP contribution in [0.1, 0.15) is 12.0 Å². The van der Waals surface area contributed by atoms with Gasteiger partial charge in [-0.2, -0.15) is 0 Å². The fraction of sp³-hybridized carbons (Fsp3) is 0.467. The van der Waals surface area contributed by atoms with Crippen molar-refractivity contribution in [2.45, 2.75) is 6.42 Å². The molecule has 0 atom stereocenters. The maximum absolute atomic E-state index is 5.50. The molecule has 0 aromatic heterocycles. The Kier molecular flexibility index (Phi) is 6.36. The summed E-state index contributed by atoms with van der Waals surface area (Å²) in [6.45, 7) is 2.00. The average Bonchev–Trinajstić information content (AvgIpc) is 2.46. The van der Waals surface area contributed by atoms with Gasteiger partial charge >= 0.3 is 0 Å². The summed E-state index contributed by atoms with van der Waals surface area (Å²) >= 11 is 0. The molecule has 0 amide bonds. The molecule has 1 aromatic carbocycles. The largest absolute Gasteiger partial charge is 0.496 e. The molecule has 0 unspecified atom stereocenters. The number of nitrogens with zero attached hydrogens (tertiary/aromatic N) is 1. The third-order valence-electron chi connectivity index (χ3n) is 3.45. The van der Waals surface area contributed by atoms with Crippen molar-refractivity contribution < 1.29 is 14.2 Å². The fourth-order valence-electron chi connectivity index (χ4n) is 2.32. The molecule has 0 fully saturated rings. The molecule has 0 aliphatic carbocycles. The Bertz CT molecular complexity index is 463. The van der Waals surface area contributed by atoms with E-state index >= 15 is 0 Å². The minimum atomic E-state index is 0. The minimum absolute atomic E-state index is 0. The second-order valence-corrected chi connectivity index (χ2v) is 4.65. The molecule has 5 heteroatoms. The molecule has 1 heterocycles. The molecule has 0 spiro atoms. The maximum atomic E-state index is 5.50. The van der Waals surface area contributed by atoms with Gasteiger partial charge in [-0.1, -0.05) is 6.08 Å². The lowest BCUT2D eigenvalue weighted by molar-refractivity contribution is 0.362. The van der Waals surface area contributed by atoms with Gasteiger partial charge in [0.05, 0.1) is 26.9 Å². The zero-order chi connectivity index (χ0) is 13.8. The van der Waals surface area contributed by atoms with Gasteiger partial charge in [0.2, 0.25) is 0 Å². The van der Waals surface area contributed by atoms with E-state index in [1.165, 1.54) is 5.57 Å². The van der Waals surface area contributed by atoms with Crippen molar-refractivity contribution in [2.24, 2.45) is 0 Å². The quantitative estimate of drug-likeness (QED) is 0.840. The molecule has 1 aromatic rings. The van der Waals surface area contributed by atoms with E-state index in [-0.39, 0.29) is 17.0 Å². The summed E-state index contributed by atoms with van der Waals surface area (Å²) in [6.07, 6.45) is 3.23. The summed E-state index contributed by atoms with van der Waals surface area (Å²) in [5.41, 5.74) is 2.31. The lowest BCUT2D eigenvalue weighted by Gasteiger charge is -2.24. The summed E-state index contributed by atoms with van der Waals surface area (Å²) < 4.78 is 16.3. The van der Waals surface area contributed by atoms with Crippen LogP contribution in [0.25, 0.3) is 5.57 Å². The second-order valence-electron chi connectivity index (χ2n) is 4.65. The maximum Gasteiger partial charge on any atom is 0.133 e. The van der Waals surface area contributed by atoms with E-state index in [2.05, 4.69) is 18.0 Å². The van der Waals surface area contributed by atoms with E-state index in [1.807, 2.05) is 12.1 Å². The first-order chi connectivity index (χ1) is 9.19. The van der Waals surface area contributed by atoms with Gasteiger partial charge < -0.3 is 19.1 Å². The van der Waals surface area contributed by atoms with Crippen molar-refractivity contribution in [1.82, 2.24) is 4.90 Å². The van der Waals surface area contributed by atoms with Gasteiger partial charge in [-0.05, 0) is 19.0 Å².